The van der Waals surface area contributed by atoms with E-state index in [1.54, 1.807) is 0 Å². The maximum Gasteiger partial charge on any atom is 0.364 e. The number of carboxylic acid groups (broad SMARTS) is 1. The fourth-order valence-corrected chi connectivity index (χ4v) is 10.7. The van der Waals surface area contributed by atoms with Crippen LogP contribution in [0.4, 0.5) is 0 Å². The second-order valence-corrected chi connectivity index (χ2v) is 21.3. The van der Waals surface area contributed by atoms with Gasteiger partial charge in [-0.05, 0) is 0 Å². The molecule has 7 rings (SSSR count). The number of amides is 1. The second kappa shape index (κ2) is 29.7. The number of aliphatic carboxylic acids is 1. The number of nitrogens with one attached hydrogen (secondary N) is 1. The highest BCUT2D eigenvalue weighted by molar-refractivity contribution is 5.75. The van der Waals surface area contributed by atoms with E-state index in [9.17, 15) is 127 Å². The van der Waals surface area contributed by atoms with Crippen LogP contribution in [0.3, 0.4) is 0 Å². The van der Waals surface area contributed by atoms with Crippen LogP contribution < -0.4 is 5.32 Å². The monoisotopic (exact) mass is 1250 g/mol. The first-order valence-electron chi connectivity index (χ1n) is 26.7. The zero-order valence-electron chi connectivity index (χ0n) is 44.7. The zero-order chi connectivity index (χ0) is 62.8. The molecule has 0 aromatic rings. The molecule has 0 aliphatic carbocycles. The molecule has 85 heavy (non-hydrogen) atoms. The lowest BCUT2D eigenvalue weighted by Gasteiger charge is -2.52. The smallest absolute Gasteiger partial charge is 0.364 e. The summed E-state index contributed by atoms with van der Waals surface area (Å²) in [5, 5.41) is 250. The summed E-state index contributed by atoms with van der Waals surface area (Å²) >= 11 is 0. The summed E-state index contributed by atoms with van der Waals surface area (Å²) in [5.74, 6) is -6.25. The van der Waals surface area contributed by atoms with Gasteiger partial charge >= 0.3 is 5.97 Å². The van der Waals surface area contributed by atoms with E-state index in [0.717, 1.165) is 6.92 Å². The Morgan fingerprint density at radius 3 is 1.31 bits per heavy atom. The summed E-state index contributed by atoms with van der Waals surface area (Å²) in [6.45, 7) is -6.86. The Kier molecular flexibility index (Phi) is 24.4. The molecular weight excluding hydrogens is 1170 g/mol. The number of hydrogen-bond donors (Lipinski definition) is 24. The molecule has 7 aliphatic heterocycles. The fourth-order valence-electron chi connectivity index (χ4n) is 10.7. The van der Waals surface area contributed by atoms with Crippen molar-refractivity contribution in [3.05, 3.63) is 0 Å². The van der Waals surface area contributed by atoms with Gasteiger partial charge in [-0.3, -0.25) is 4.79 Å². The van der Waals surface area contributed by atoms with Crippen molar-refractivity contribution in [1.29, 1.82) is 0 Å². The molecule has 494 valence electrons. The highest BCUT2D eigenvalue weighted by Gasteiger charge is 2.60. The van der Waals surface area contributed by atoms with Crippen molar-refractivity contribution in [3.63, 3.8) is 0 Å². The van der Waals surface area contributed by atoms with E-state index in [4.69, 9.17) is 61.6 Å². The minimum absolute atomic E-state index is 0.872. The number of aliphatic hydroxyl groups excluding tert-OH is 21. The van der Waals surface area contributed by atoms with Gasteiger partial charge in [0.15, 0.2) is 37.7 Å². The molecule has 0 unspecified atom stereocenters. The summed E-state index contributed by atoms with van der Waals surface area (Å²) in [5.41, 5.74) is 0. The highest BCUT2D eigenvalue weighted by Crippen LogP contribution is 2.40. The van der Waals surface area contributed by atoms with Gasteiger partial charge < -0.3 is 184 Å². The van der Waals surface area contributed by atoms with Gasteiger partial charge in [-0.1, -0.05) is 0 Å². The van der Waals surface area contributed by atoms with Gasteiger partial charge in [0, 0.05) is 13.3 Å². The first-order chi connectivity index (χ1) is 40.1. The molecular formula is C46H77NO38. The van der Waals surface area contributed by atoms with E-state index in [0.29, 0.717) is 0 Å². The summed E-state index contributed by atoms with van der Waals surface area (Å²) in [6, 6.07) is -1.79. The van der Waals surface area contributed by atoms with Gasteiger partial charge in [0.2, 0.25) is 5.91 Å². The van der Waals surface area contributed by atoms with E-state index in [-0.39, 0.29) is 0 Å². The van der Waals surface area contributed by atoms with Crippen LogP contribution in [-0.2, 0) is 71.2 Å². The van der Waals surface area contributed by atoms with Gasteiger partial charge in [-0.25, -0.2) is 4.79 Å². The van der Waals surface area contributed by atoms with Crippen molar-refractivity contribution >= 4 is 11.9 Å². The summed E-state index contributed by atoms with van der Waals surface area (Å²) in [7, 11) is 0. The third kappa shape index (κ3) is 14.8. The van der Waals surface area contributed by atoms with E-state index in [2.05, 4.69) is 5.32 Å². The van der Waals surface area contributed by atoms with Gasteiger partial charge in [0.05, 0.1) is 52.4 Å². The van der Waals surface area contributed by atoms with Crippen molar-refractivity contribution < 1.29 is 189 Å². The average molecular weight is 1250 g/mol. The Hall–Kier alpha value is -2.46. The first-order valence-corrected chi connectivity index (χ1v) is 26.7. The molecule has 0 spiro atoms. The number of carbonyl (C=O) groups is 2. The van der Waals surface area contributed by atoms with Gasteiger partial charge in [-0.2, -0.15) is 0 Å². The normalized spacial score (nSPS) is 50.3. The maximum atomic E-state index is 12.5. The lowest BCUT2D eigenvalue weighted by Crippen LogP contribution is -2.70. The molecule has 24 N–H and O–H groups in total. The molecule has 7 fully saturated rings. The number of aliphatic hydroxyl groups is 22. The molecule has 0 radical (unpaired) electrons. The van der Waals surface area contributed by atoms with E-state index in [1.165, 1.54) is 0 Å². The van der Waals surface area contributed by atoms with Crippen LogP contribution >= 0.6 is 0 Å². The Morgan fingerprint density at radius 2 is 0.835 bits per heavy atom. The van der Waals surface area contributed by atoms with Crippen molar-refractivity contribution in [3.8, 4) is 0 Å². The third-order valence-corrected chi connectivity index (χ3v) is 15.5. The van der Waals surface area contributed by atoms with E-state index < -0.39 is 279 Å². The topological polar surface area (TPSA) is 631 Å². The largest absolute Gasteiger partial charge is 0.477 e. The van der Waals surface area contributed by atoms with Gasteiger partial charge in [0.1, 0.15) is 165 Å². The lowest BCUT2D eigenvalue weighted by molar-refractivity contribution is -0.411. The predicted molar refractivity (Wildman–Crippen MR) is 255 cm³/mol. The Morgan fingerprint density at radius 1 is 0.459 bits per heavy atom. The van der Waals surface area contributed by atoms with Crippen LogP contribution in [0.2, 0.25) is 0 Å². The number of carboxylic acids is 1. The van der Waals surface area contributed by atoms with Crippen LogP contribution in [0, 0.1) is 0 Å². The molecule has 7 aliphatic rings. The minimum atomic E-state index is -3.28. The summed E-state index contributed by atoms with van der Waals surface area (Å²) < 4.78 is 76.0. The summed E-state index contributed by atoms with van der Waals surface area (Å²) in [4.78, 5) is 24.6. The average Bonchev–Trinajstić information content (AvgIpc) is 1.68. The molecule has 0 bridgehead atoms. The number of carbonyl (C=O) groups excluding carboxylic acids is 1. The van der Waals surface area contributed by atoms with Crippen LogP contribution in [0.25, 0.3) is 0 Å². The van der Waals surface area contributed by atoms with Crippen molar-refractivity contribution in [2.24, 2.45) is 0 Å². The Bertz CT molecular complexity index is 2110. The van der Waals surface area contributed by atoms with Crippen LogP contribution in [0.1, 0.15) is 13.3 Å². The quantitative estimate of drug-likeness (QED) is 0.0479. The van der Waals surface area contributed by atoms with E-state index in [1.807, 2.05) is 0 Å². The fraction of sp³-hybridized carbons (Fsp3) is 0.957. The summed E-state index contributed by atoms with van der Waals surface area (Å²) in [6.07, 6.45) is -72.0. The number of rotatable bonds is 22. The van der Waals surface area contributed by atoms with Crippen LogP contribution in [0.5, 0.6) is 0 Å². The third-order valence-electron chi connectivity index (χ3n) is 15.5. The lowest BCUT2D eigenvalue weighted by atomic mass is 9.92. The molecule has 0 aromatic carbocycles. The van der Waals surface area contributed by atoms with E-state index >= 15 is 0 Å². The van der Waals surface area contributed by atoms with Crippen LogP contribution in [0.15, 0.2) is 0 Å². The highest BCUT2D eigenvalue weighted by atomic mass is 16.8. The number of hydrogen-bond acceptors (Lipinski definition) is 37. The molecule has 35 atom stereocenters. The molecule has 7 heterocycles. The van der Waals surface area contributed by atoms with Crippen molar-refractivity contribution in [2.45, 2.75) is 228 Å². The Balaban J connectivity index is 1.35. The van der Waals surface area contributed by atoms with Gasteiger partial charge in [0.25, 0.3) is 5.79 Å². The molecule has 0 saturated carbocycles. The molecule has 1 amide bonds. The van der Waals surface area contributed by atoms with Crippen molar-refractivity contribution in [1.82, 2.24) is 5.32 Å². The maximum absolute atomic E-state index is 12.5. The second-order valence-electron chi connectivity index (χ2n) is 21.3. The molecule has 7 saturated heterocycles. The first kappa shape index (κ1) is 70.0. The van der Waals surface area contributed by atoms with Crippen LogP contribution in [-0.4, -0.2) is 390 Å². The molecule has 39 heteroatoms. The predicted octanol–water partition coefficient (Wildman–Crippen LogP) is -16.3. The molecule has 0 aromatic heterocycles. The van der Waals surface area contributed by atoms with Gasteiger partial charge in [-0.15, -0.1) is 0 Å². The molecule has 39 nitrogen and oxygen atoms in total. The zero-order valence-corrected chi connectivity index (χ0v) is 44.7. The number of ether oxygens (including phenoxy) is 13. The SMILES string of the molecule is CC(=O)N[C@H]1[C@@H](O[C@H]2[C@H](O[C@H]3[C@H](O[C@@H]4O[C@H](CO)[C@@H](O)[C@H](O)[C@H]4O)[C@@H](O)[C@@H](O[C@H]4[C@@H]([C@H](O)CO)O[C@@](O)(C(=O)O)C[C@H]4O)O[C@@H]3CO[C@@H]3O[C@H](CO)[C@@H](O)[C@H](O)[C@H]3O[C@H]3O[C@H](CO)[C@@H](O)[C@H](O)[C@H]3O)O[C@H](CO)[C@@H](O)[C@@H]2O)O[C@H](CO)[C@@H](O)[C@@H]1O. The Labute approximate surface area is 479 Å². The standard InChI is InChI=1S/C46H77NO38/c1-10(54)47-19-25(62)20(57)13(4-49)74-39(19)83-38-29(66)24(61)17(8-53)78-44(38)81-35-18(9-73-43-37(28(65)23(60)16(7-52)77-43)84-41-31(68)27(64)22(59)15(6-51)76-41)79-42(32(69)36(35)82-40-30(67)26(63)21(58)14(5-50)75-40)80-33-11(55)2-46(72,45(70)71)85-34(33)12(56)3-48/h11-44,48-53,55-69,72H,2-9H2,1H3,(H,47,54)(H,70,71)/t11-,12-,13-,14-,15-,16-,17-,18-,19-,20-,21-,22-,23-,24-,25-,26+,27+,28+,29+,30-,31-,32-,33-,34-,35-,36-,37-,38-,39-,40+,41-,42-,43-,44+,46-/m1/s1. The minimum Gasteiger partial charge on any atom is -0.477 e. The van der Waals surface area contributed by atoms with Crippen molar-refractivity contribution in [2.75, 3.05) is 46.2 Å².